The third kappa shape index (κ3) is 3.04. The molecule has 0 amide bonds. The molecule has 0 saturated carbocycles. The number of rotatable bonds is 4. The van der Waals surface area contributed by atoms with Crippen LogP contribution in [-0.4, -0.2) is 20.9 Å². The van der Waals surface area contributed by atoms with Crippen LogP contribution in [0.4, 0.5) is 0 Å². The summed E-state index contributed by atoms with van der Waals surface area (Å²) in [5.41, 5.74) is 1.90. The Morgan fingerprint density at radius 3 is 2.76 bits per heavy atom. The predicted octanol–water partition coefficient (Wildman–Crippen LogP) is 2.03. The molecular weight excluding hydrogens is 216 g/mol. The van der Waals surface area contributed by atoms with Crippen LogP contribution in [0.1, 0.15) is 11.3 Å². The van der Waals surface area contributed by atoms with Gasteiger partial charge in [-0.3, -0.25) is 4.68 Å². The Hall–Kier alpha value is -2.36. The van der Waals surface area contributed by atoms with Crippen LogP contribution >= 0.6 is 0 Å². The fourth-order valence-electron chi connectivity index (χ4n) is 1.53. The van der Waals surface area contributed by atoms with Crippen LogP contribution in [0.3, 0.4) is 0 Å². The van der Waals surface area contributed by atoms with Gasteiger partial charge in [-0.25, -0.2) is 4.79 Å². The minimum Gasteiger partial charge on any atom is -0.478 e. The highest BCUT2D eigenvalue weighted by molar-refractivity contribution is 5.84. The van der Waals surface area contributed by atoms with Crippen LogP contribution < -0.4 is 0 Å². The molecule has 17 heavy (non-hydrogen) atoms. The topological polar surface area (TPSA) is 55.1 Å². The van der Waals surface area contributed by atoms with Crippen LogP contribution in [0.15, 0.2) is 48.7 Å². The van der Waals surface area contributed by atoms with Gasteiger partial charge in [-0.15, -0.1) is 0 Å². The van der Waals surface area contributed by atoms with Crippen LogP contribution in [0.2, 0.25) is 0 Å². The standard InChI is InChI=1S/C13H12N2O2/c16-13(17)7-6-12-8-9-14-15(12)10-11-4-2-1-3-5-11/h1-9H,10H2,(H,16,17)/b7-6+. The first-order valence-corrected chi connectivity index (χ1v) is 5.22. The molecule has 0 radical (unpaired) electrons. The van der Waals surface area contributed by atoms with Crippen molar-refractivity contribution >= 4 is 12.0 Å². The van der Waals surface area contributed by atoms with Gasteiger partial charge < -0.3 is 5.11 Å². The van der Waals surface area contributed by atoms with Gasteiger partial charge in [0.25, 0.3) is 0 Å². The smallest absolute Gasteiger partial charge is 0.328 e. The van der Waals surface area contributed by atoms with Crippen LogP contribution in [-0.2, 0) is 11.3 Å². The molecule has 0 atom stereocenters. The lowest BCUT2D eigenvalue weighted by Gasteiger charge is -2.04. The molecule has 0 aliphatic rings. The molecule has 4 heteroatoms. The van der Waals surface area contributed by atoms with Gasteiger partial charge in [0.2, 0.25) is 0 Å². The van der Waals surface area contributed by atoms with Gasteiger partial charge in [0.05, 0.1) is 12.2 Å². The van der Waals surface area contributed by atoms with Crippen molar-refractivity contribution < 1.29 is 9.90 Å². The van der Waals surface area contributed by atoms with Crippen molar-refractivity contribution in [3.05, 3.63) is 59.9 Å². The number of benzene rings is 1. The fourth-order valence-corrected chi connectivity index (χ4v) is 1.53. The van der Waals surface area contributed by atoms with E-state index >= 15 is 0 Å². The number of hydrogen-bond acceptors (Lipinski definition) is 2. The Kier molecular flexibility index (Phi) is 3.35. The first-order valence-electron chi connectivity index (χ1n) is 5.22. The Balaban J connectivity index is 2.17. The van der Waals surface area contributed by atoms with Crippen molar-refractivity contribution in [3.63, 3.8) is 0 Å². The second kappa shape index (κ2) is 5.12. The highest BCUT2D eigenvalue weighted by atomic mass is 16.4. The molecule has 1 heterocycles. The molecule has 1 aromatic carbocycles. The largest absolute Gasteiger partial charge is 0.478 e. The van der Waals surface area contributed by atoms with E-state index in [2.05, 4.69) is 5.10 Å². The number of nitrogens with zero attached hydrogens (tertiary/aromatic N) is 2. The summed E-state index contributed by atoms with van der Waals surface area (Å²) in [7, 11) is 0. The molecular formula is C13H12N2O2. The van der Waals surface area contributed by atoms with E-state index in [1.165, 1.54) is 6.08 Å². The summed E-state index contributed by atoms with van der Waals surface area (Å²) in [5, 5.41) is 12.7. The van der Waals surface area contributed by atoms with Crippen molar-refractivity contribution in [1.82, 2.24) is 9.78 Å². The van der Waals surface area contributed by atoms with Crippen molar-refractivity contribution in [2.24, 2.45) is 0 Å². The van der Waals surface area contributed by atoms with E-state index in [1.54, 1.807) is 16.9 Å². The van der Waals surface area contributed by atoms with E-state index in [4.69, 9.17) is 5.11 Å². The molecule has 2 rings (SSSR count). The molecule has 0 saturated heterocycles. The lowest BCUT2D eigenvalue weighted by molar-refractivity contribution is -0.131. The summed E-state index contributed by atoms with van der Waals surface area (Å²) in [4.78, 5) is 10.4. The molecule has 0 spiro atoms. The third-order valence-electron chi connectivity index (χ3n) is 2.32. The van der Waals surface area contributed by atoms with E-state index in [1.807, 2.05) is 30.3 Å². The Morgan fingerprint density at radius 1 is 1.29 bits per heavy atom. The summed E-state index contributed by atoms with van der Waals surface area (Å²) in [6, 6.07) is 11.7. The van der Waals surface area contributed by atoms with Crippen molar-refractivity contribution in [1.29, 1.82) is 0 Å². The molecule has 4 nitrogen and oxygen atoms in total. The monoisotopic (exact) mass is 228 g/mol. The molecule has 86 valence electrons. The zero-order valence-electron chi connectivity index (χ0n) is 9.15. The first kappa shape index (κ1) is 11.1. The lowest BCUT2D eigenvalue weighted by atomic mass is 10.2. The van der Waals surface area contributed by atoms with E-state index in [0.717, 1.165) is 17.3 Å². The van der Waals surface area contributed by atoms with Crippen LogP contribution in [0, 0.1) is 0 Å². The Bertz CT molecular complexity index is 529. The van der Waals surface area contributed by atoms with Gasteiger partial charge in [0, 0.05) is 12.3 Å². The molecule has 0 fully saturated rings. The number of carbonyl (C=O) groups is 1. The Labute approximate surface area is 98.8 Å². The fraction of sp³-hybridized carbons (Fsp3) is 0.0769. The number of aromatic nitrogens is 2. The van der Waals surface area contributed by atoms with Crippen LogP contribution in [0.25, 0.3) is 6.08 Å². The average Bonchev–Trinajstić information content (AvgIpc) is 2.75. The summed E-state index contributed by atoms with van der Waals surface area (Å²) in [6.07, 6.45) is 4.31. The second-order valence-corrected chi connectivity index (χ2v) is 3.57. The lowest BCUT2D eigenvalue weighted by Crippen LogP contribution is -2.03. The van der Waals surface area contributed by atoms with Crippen molar-refractivity contribution in [2.75, 3.05) is 0 Å². The second-order valence-electron chi connectivity index (χ2n) is 3.57. The van der Waals surface area contributed by atoms with Gasteiger partial charge in [-0.2, -0.15) is 5.10 Å². The summed E-state index contributed by atoms with van der Waals surface area (Å²) in [5.74, 6) is -0.961. The minimum atomic E-state index is -0.961. The van der Waals surface area contributed by atoms with Crippen molar-refractivity contribution in [2.45, 2.75) is 6.54 Å². The van der Waals surface area contributed by atoms with Gasteiger partial charge in [-0.1, -0.05) is 30.3 Å². The molecule has 1 N–H and O–H groups in total. The van der Waals surface area contributed by atoms with Crippen molar-refractivity contribution in [3.8, 4) is 0 Å². The summed E-state index contributed by atoms with van der Waals surface area (Å²) < 4.78 is 1.76. The maximum Gasteiger partial charge on any atom is 0.328 e. The van der Waals surface area contributed by atoms with Gasteiger partial charge in [-0.05, 0) is 17.7 Å². The van der Waals surface area contributed by atoms with Gasteiger partial charge >= 0.3 is 5.97 Å². The molecule has 0 unspecified atom stereocenters. The number of hydrogen-bond donors (Lipinski definition) is 1. The van der Waals surface area contributed by atoms with E-state index in [0.29, 0.717) is 6.54 Å². The summed E-state index contributed by atoms with van der Waals surface area (Å²) >= 11 is 0. The molecule has 0 bridgehead atoms. The van der Waals surface area contributed by atoms with E-state index in [9.17, 15) is 4.79 Å². The molecule has 2 aromatic rings. The van der Waals surface area contributed by atoms with Gasteiger partial charge in [0.15, 0.2) is 0 Å². The SMILES string of the molecule is O=C(O)/C=C/c1ccnn1Cc1ccccc1. The minimum absolute atomic E-state index is 0.632. The quantitative estimate of drug-likeness (QED) is 0.814. The molecule has 0 aliphatic carbocycles. The molecule has 0 aliphatic heterocycles. The maximum absolute atomic E-state index is 10.4. The molecule has 1 aromatic heterocycles. The average molecular weight is 228 g/mol. The predicted molar refractivity (Wildman–Crippen MR) is 64.4 cm³/mol. The zero-order valence-corrected chi connectivity index (χ0v) is 9.15. The number of carboxylic acid groups (broad SMARTS) is 1. The maximum atomic E-state index is 10.4. The number of carboxylic acids is 1. The van der Waals surface area contributed by atoms with E-state index in [-0.39, 0.29) is 0 Å². The highest BCUT2D eigenvalue weighted by Crippen LogP contribution is 2.06. The summed E-state index contributed by atoms with van der Waals surface area (Å²) in [6.45, 7) is 0.632. The Morgan fingerprint density at radius 2 is 2.06 bits per heavy atom. The van der Waals surface area contributed by atoms with Crippen LogP contribution in [0.5, 0.6) is 0 Å². The first-order chi connectivity index (χ1) is 8.25. The third-order valence-corrected chi connectivity index (χ3v) is 2.32. The zero-order chi connectivity index (χ0) is 12.1. The van der Waals surface area contributed by atoms with Gasteiger partial charge in [0.1, 0.15) is 0 Å². The number of aliphatic carboxylic acids is 1. The van der Waals surface area contributed by atoms with E-state index < -0.39 is 5.97 Å². The highest BCUT2D eigenvalue weighted by Gasteiger charge is 2.00. The normalized spacial score (nSPS) is 10.8.